The molecule has 1 amide bonds. The van der Waals surface area contributed by atoms with Crippen LogP contribution in [0.3, 0.4) is 0 Å². The van der Waals surface area contributed by atoms with Crippen LogP contribution in [0.2, 0.25) is 5.02 Å². The first-order chi connectivity index (χ1) is 13.6. The number of nitrogens with zero attached hydrogens (tertiary/aromatic N) is 2. The van der Waals surface area contributed by atoms with Crippen LogP contribution in [0.5, 0.6) is 0 Å². The summed E-state index contributed by atoms with van der Waals surface area (Å²) in [6, 6.07) is 7.78. The number of nitrogens with two attached hydrogens (primary N) is 1. The summed E-state index contributed by atoms with van der Waals surface area (Å²) in [7, 11) is 0. The third-order valence-electron chi connectivity index (χ3n) is 3.74. The van der Waals surface area contributed by atoms with Crippen LogP contribution in [0.25, 0.3) is 11.3 Å². The molecule has 1 heterocycles. The standard InChI is InChI=1S/C17H10ClF3N4O3S/c18-11-6-3-9(17(19,20)21)7-12(11)23-15(26)14-13(24-16(22)29-14)8-1-4-10(5-2-8)25(27)28/h1-7H,(H2,22,24)(H,23,26). The number of nitrogen functional groups attached to an aromatic ring is 1. The lowest BCUT2D eigenvalue weighted by Crippen LogP contribution is -2.13. The van der Waals surface area contributed by atoms with E-state index in [2.05, 4.69) is 10.3 Å². The molecule has 150 valence electrons. The Morgan fingerprint density at radius 3 is 2.45 bits per heavy atom. The number of benzene rings is 2. The Hall–Kier alpha value is -3.18. The molecule has 1 aromatic heterocycles. The van der Waals surface area contributed by atoms with Crippen LogP contribution in [-0.4, -0.2) is 15.8 Å². The predicted octanol–water partition coefficient (Wildman–Crippen LogP) is 5.23. The molecule has 0 radical (unpaired) electrons. The summed E-state index contributed by atoms with van der Waals surface area (Å²) in [6.45, 7) is 0. The highest BCUT2D eigenvalue weighted by Crippen LogP contribution is 2.35. The number of nitro groups is 1. The normalized spacial score (nSPS) is 11.3. The highest BCUT2D eigenvalue weighted by atomic mass is 35.5. The molecule has 0 spiro atoms. The molecule has 3 aromatic rings. The highest BCUT2D eigenvalue weighted by molar-refractivity contribution is 7.17. The van der Waals surface area contributed by atoms with Gasteiger partial charge in [-0.1, -0.05) is 22.9 Å². The van der Waals surface area contributed by atoms with Crippen LogP contribution in [-0.2, 0) is 6.18 Å². The van der Waals surface area contributed by atoms with Crippen molar-refractivity contribution in [3.05, 3.63) is 68.0 Å². The van der Waals surface area contributed by atoms with E-state index in [1.54, 1.807) is 0 Å². The number of hydrogen-bond donors (Lipinski definition) is 2. The van der Waals surface area contributed by atoms with Gasteiger partial charge in [0.15, 0.2) is 5.13 Å². The molecule has 3 N–H and O–H groups in total. The van der Waals surface area contributed by atoms with Crippen molar-refractivity contribution in [2.45, 2.75) is 6.18 Å². The topological polar surface area (TPSA) is 111 Å². The molecule has 2 aromatic carbocycles. The maximum atomic E-state index is 12.9. The van der Waals surface area contributed by atoms with Gasteiger partial charge in [0.1, 0.15) is 4.88 Å². The van der Waals surface area contributed by atoms with Crippen LogP contribution < -0.4 is 11.1 Å². The lowest BCUT2D eigenvalue weighted by molar-refractivity contribution is -0.384. The smallest absolute Gasteiger partial charge is 0.375 e. The quantitative estimate of drug-likeness (QED) is 0.424. The second-order valence-electron chi connectivity index (χ2n) is 5.68. The van der Waals surface area contributed by atoms with E-state index >= 15 is 0 Å². The monoisotopic (exact) mass is 442 g/mol. The second-order valence-corrected chi connectivity index (χ2v) is 7.12. The Morgan fingerprint density at radius 2 is 1.86 bits per heavy atom. The van der Waals surface area contributed by atoms with Crippen molar-refractivity contribution >= 4 is 45.4 Å². The van der Waals surface area contributed by atoms with Gasteiger partial charge in [0.25, 0.3) is 11.6 Å². The predicted molar refractivity (Wildman–Crippen MR) is 103 cm³/mol. The number of aromatic nitrogens is 1. The number of non-ortho nitro benzene ring substituents is 1. The van der Waals surface area contributed by atoms with Crippen LogP contribution in [0, 0.1) is 10.1 Å². The van der Waals surface area contributed by atoms with Crippen molar-refractivity contribution in [2.75, 3.05) is 11.1 Å². The molecular weight excluding hydrogens is 433 g/mol. The first-order valence-electron chi connectivity index (χ1n) is 7.75. The molecular formula is C17H10ClF3N4O3S. The molecule has 12 heteroatoms. The summed E-state index contributed by atoms with van der Waals surface area (Å²) in [6.07, 6.45) is -4.61. The molecule has 0 aliphatic heterocycles. The number of carbonyl (C=O) groups is 1. The van der Waals surface area contributed by atoms with Crippen molar-refractivity contribution in [2.24, 2.45) is 0 Å². The van der Waals surface area contributed by atoms with E-state index in [0.29, 0.717) is 5.56 Å². The third-order valence-corrected chi connectivity index (χ3v) is 4.96. The fraction of sp³-hybridized carbons (Fsp3) is 0.0588. The number of amides is 1. The first-order valence-corrected chi connectivity index (χ1v) is 8.95. The molecule has 0 atom stereocenters. The minimum Gasteiger partial charge on any atom is -0.375 e. The Kier molecular flexibility index (Phi) is 5.44. The van der Waals surface area contributed by atoms with Crippen molar-refractivity contribution in [1.29, 1.82) is 0 Å². The van der Waals surface area contributed by atoms with E-state index in [-0.39, 0.29) is 32.1 Å². The zero-order valence-corrected chi connectivity index (χ0v) is 15.7. The third kappa shape index (κ3) is 4.46. The van der Waals surface area contributed by atoms with E-state index in [1.165, 1.54) is 24.3 Å². The number of alkyl halides is 3. The lowest BCUT2D eigenvalue weighted by atomic mass is 10.1. The number of nitro benzene ring substituents is 1. The average Bonchev–Trinajstić information content (AvgIpc) is 3.04. The number of anilines is 2. The Bertz CT molecular complexity index is 1100. The minimum atomic E-state index is -4.61. The van der Waals surface area contributed by atoms with Gasteiger partial charge in [-0.25, -0.2) is 4.98 Å². The summed E-state index contributed by atoms with van der Waals surface area (Å²) < 4.78 is 38.7. The van der Waals surface area contributed by atoms with Crippen LogP contribution >= 0.6 is 22.9 Å². The van der Waals surface area contributed by atoms with Gasteiger partial charge in [0.2, 0.25) is 0 Å². The minimum absolute atomic E-state index is 0.0184. The molecule has 0 aliphatic rings. The Labute approximate surface area is 170 Å². The zero-order chi connectivity index (χ0) is 21.3. The largest absolute Gasteiger partial charge is 0.416 e. The summed E-state index contributed by atoms with van der Waals surface area (Å²) in [4.78, 5) is 26.9. The van der Waals surface area contributed by atoms with Crippen LogP contribution in [0.4, 0.5) is 29.7 Å². The van der Waals surface area contributed by atoms with Gasteiger partial charge >= 0.3 is 6.18 Å². The molecule has 3 rings (SSSR count). The van der Waals surface area contributed by atoms with Gasteiger partial charge in [0.05, 0.1) is 26.9 Å². The Morgan fingerprint density at radius 1 is 1.21 bits per heavy atom. The molecule has 0 saturated heterocycles. The van der Waals surface area contributed by atoms with E-state index in [0.717, 1.165) is 29.5 Å². The van der Waals surface area contributed by atoms with Crippen molar-refractivity contribution in [1.82, 2.24) is 4.98 Å². The van der Waals surface area contributed by atoms with Crippen LogP contribution in [0.15, 0.2) is 42.5 Å². The van der Waals surface area contributed by atoms with Gasteiger partial charge < -0.3 is 11.1 Å². The summed E-state index contributed by atoms with van der Waals surface area (Å²) in [5, 5.41) is 13.1. The van der Waals surface area contributed by atoms with Crippen LogP contribution in [0.1, 0.15) is 15.2 Å². The van der Waals surface area contributed by atoms with E-state index in [1.807, 2.05) is 0 Å². The Balaban J connectivity index is 1.94. The maximum absolute atomic E-state index is 12.9. The number of rotatable bonds is 4. The SMILES string of the molecule is Nc1nc(-c2ccc([N+](=O)[O-])cc2)c(C(=O)Nc2cc(C(F)(F)F)ccc2Cl)s1. The molecule has 29 heavy (non-hydrogen) atoms. The second kappa shape index (κ2) is 7.68. The van der Waals surface area contributed by atoms with E-state index in [9.17, 15) is 28.1 Å². The zero-order valence-electron chi connectivity index (χ0n) is 14.2. The van der Waals surface area contributed by atoms with Crippen molar-refractivity contribution in [3.63, 3.8) is 0 Å². The fourth-order valence-electron chi connectivity index (χ4n) is 2.40. The average molecular weight is 443 g/mol. The number of carbonyl (C=O) groups excluding carboxylic acids is 1. The summed E-state index contributed by atoms with van der Waals surface area (Å²) >= 11 is 6.72. The van der Waals surface area contributed by atoms with Crippen molar-refractivity contribution in [3.8, 4) is 11.3 Å². The summed E-state index contributed by atoms with van der Waals surface area (Å²) in [5.74, 6) is -0.770. The van der Waals surface area contributed by atoms with Gasteiger partial charge in [0, 0.05) is 17.7 Å². The maximum Gasteiger partial charge on any atom is 0.416 e. The van der Waals surface area contributed by atoms with Gasteiger partial charge in [-0.05, 0) is 30.3 Å². The number of hydrogen-bond acceptors (Lipinski definition) is 6. The van der Waals surface area contributed by atoms with Gasteiger partial charge in [-0.15, -0.1) is 0 Å². The van der Waals surface area contributed by atoms with Gasteiger partial charge in [-0.2, -0.15) is 13.2 Å². The molecule has 0 bridgehead atoms. The molecule has 0 saturated carbocycles. The van der Waals surface area contributed by atoms with E-state index < -0.39 is 22.6 Å². The highest BCUT2D eigenvalue weighted by Gasteiger charge is 2.31. The molecule has 7 nitrogen and oxygen atoms in total. The van der Waals surface area contributed by atoms with Gasteiger partial charge in [-0.3, -0.25) is 14.9 Å². The molecule has 0 fully saturated rings. The number of nitrogens with one attached hydrogen (secondary N) is 1. The lowest BCUT2D eigenvalue weighted by Gasteiger charge is -2.11. The summed E-state index contributed by atoms with van der Waals surface area (Å²) in [5.41, 5.74) is 4.84. The molecule has 0 unspecified atom stereocenters. The fourth-order valence-corrected chi connectivity index (χ4v) is 3.32. The number of thiazole rings is 1. The van der Waals surface area contributed by atoms with Crippen molar-refractivity contribution < 1.29 is 22.9 Å². The number of halogens is 4. The first kappa shape index (κ1) is 20.6. The van der Waals surface area contributed by atoms with E-state index in [4.69, 9.17) is 17.3 Å². The molecule has 0 aliphatic carbocycles.